The highest BCUT2D eigenvalue weighted by Crippen LogP contribution is 2.39. The summed E-state index contributed by atoms with van der Waals surface area (Å²) in [6, 6.07) is 0. The van der Waals surface area contributed by atoms with Crippen molar-refractivity contribution in [2.75, 3.05) is 0 Å². The topological polar surface area (TPSA) is 20.2 Å². The Morgan fingerprint density at radius 1 is 1.08 bits per heavy atom. The van der Waals surface area contributed by atoms with Crippen molar-refractivity contribution < 1.29 is 5.11 Å². The van der Waals surface area contributed by atoms with Gasteiger partial charge < -0.3 is 5.11 Å². The Kier molecular flexibility index (Phi) is 3.39. The molecule has 1 atom stereocenters. The van der Waals surface area contributed by atoms with Gasteiger partial charge in [0.1, 0.15) is 0 Å². The van der Waals surface area contributed by atoms with Crippen LogP contribution in [0.15, 0.2) is 0 Å². The van der Waals surface area contributed by atoms with Crippen LogP contribution >= 0.6 is 0 Å². The van der Waals surface area contributed by atoms with Gasteiger partial charge in [0.15, 0.2) is 0 Å². The molecule has 0 spiro atoms. The number of hydrogen-bond acceptors (Lipinski definition) is 1. The molecule has 0 aliphatic heterocycles. The molecule has 1 fully saturated rings. The van der Waals surface area contributed by atoms with Gasteiger partial charge >= 0.3 is 0 Å². The molecule has 1 nitrogen and oxygen atoms in total. The van der Waals surface area contributed by atoms with E-state index in [0.29, 0.717) is 5.41 Å². The maximum absolute atomic E-state index is 10.3. The molecule has 0 bridgehead atoms. The highest BCUT2D eigenvalue weighted by molar-refractivity contribution is 4.85. The summed E-state index contributed by atoms with van der Waals surface area (Å²) in [7, 11) is 0. The molecule has 1 aliphatic rings. The predicted molar refractivity (Wildman–Crippen MR) is 56.7 cm³/mol. The lowest BCUT2D eigenvalue weighted by Gasteiger charge is -2.27. The Labute approximate surface area is 82.5 Å². The molecule has 0 aromatic rings. The number of rotatable bonds is 2. The van der Waals surface area contributed by atoms with Crippen LogP contribution in [0.1, 0.15) is 65.7 Å². The fraction of sp³-hybridized carbons (Fsp3) is 1.00. The van der Waals surface area contributed by atoms with Crippen molar-refractivity contribution >= 4 is 0 Å². The van der Waals surface area contributed by atoms with E-state index in [1.807, 2.05) is 0 Å². The molecule has 78 valence electrons. The molecule has 1 rings (SSSR count). The molecule has 1 aliphatic carbocycles. The van der Waals surface area contributed by atoms with E-state index in [0.717, 1.165) is 25.7 Å². The maximum atomic E-state index is 10.3. The molecule has 0 aromatic carbocycles. The lowest BCUT2D eigenvalue weighted by atomic mass is 9.83. The van der Waals surface area contributed by atoms with Crippen molar-refractivity contribution in [3.63, 3.8) is 0 Å². The standard InChI is InChI=1S/C12H24O/c1-4-6-12(13)8-5-7-11(2,3)9-10-12/h13H,4-10H2,1-3H3. The van der Waals surface area contributed by atoms with Crippen molar-refractivity contribution in [3.8, 4) is 0 Å². The van der Waals surface area contributed by atoms with Crippen molar-refractivity contribution in [2.24, 2.45) is 5.41 Å². The third-order valence-corrected chi connectivity index (χ3v) is 3.48. The highest BCUT2D eigenvalue weighted by Gasteiger charge is 2.32. The molecule has 0 amide bonds. The summed E-state index contributed by atoms with van der Waals surface area (Å²) in [4.78, 5) is 0. The summed E-state index contributed by atoms with van der Waals surface area (Å²) < 4.78 is 0. The van der Waals surface area contributed by atoms with Gasteiger partial charge in [0.25, 0.3) is 0 Å². The van der Waals surface area contributed by atoms with Gasteiger partial charge in [-0.1, -0.05) is 33.6 Å². The largest absolute Gasteiger partial charge is 0.390 e. The van der Waals surface area contributed by atoms with Gasteiger partial charge in [-0.3, -0.25) is 0 Å². The smallest absolute Gasteiger partial charge is 0.0648 e. The molecule has 1 unspecified atom stereocenters. The molecule has 1 heteroatoms. The van der Waals surface area contributed by atoms with Gasteiger partial charge in [0, 0.05) is 0 Å². The first-order valence-electron chi connectivity index (χ1n) is 5.70. The second kappa shape index (κ2) is 4.00. The van der Waals surface area contributed by atoms with Crippen LogP contribution in [-0.4, -0.2) is 10.7 Å². The summed E-state index contributed by atoms with van der Waals surface area (Å²) in [5.74, 6) is 0. The van der Waals surface area contributed by atoms with E-state index in [1.165, 1.54) is 19.3 Å². The molecule has 0 heterocycles. The Morgan fingerprint density at radius 2 is 1.77 bits per heavy atom. The molecule has 0 aromatic heterocycles. The highest BCUT2D eigenvalue weighted by atomic mass is 16.3. The van der Waals surface area contributed by atoms with Gasteiger partial charge in [0.05, 0.1) is 5.60 Å². The maximum Gasteiger partial charge on any atom is 0.0648 e. The first-order chi connectivity index (χ1) is 5.97. The normalized spacial score (nSPS) is 34.2. The quantitative estimate of drug-likeness (QED) is 0.651. The molecular weight excluding hydrogens is 160 g/mol. The summed E-state index contributed by atoms with van der Waals surface area (Å²) >= 11 is 0. The molecule has 1 saturated carbocycles. The third-order valence-electron chi connectivity index (χ3n) is 3.48. The third kappa shape index (κ3) is 3.30. The molecular formula is C12H24O. The zero-order valence-corrected chi connectivity index (χ0v) is 9.40. The Hall–Kier alpha value is -0.0400. The fourth-order valence-electron chi connectivity index (χ4n) is 2.43. The minimum atomic E-state index is -0.331. The summed E-state index contributed by atoms with van der Waals surface area (Å²) in [5, 5.41) is 10.3. The minimum Gasteiger partial charge on any atom is -0.390 e. The first kappa shape index (κ1) is 11.0. The van der Waals surface area contributed by atoms with Crippen LogP contribution in [-0.2, 0) is 0 Å². The lowest BCUT2D eigenvalue weighted by Crippen LogP contribution is -2.27. The molecule has 13 heavy (non-hydrogen) atoms. The first-order valence-corrected chi connectivity index (χ1v) is 5.70. The Morgan fingerprint density at radius 3 is 2.38 bits per heavy atom. The lowest BCUT2D eigenvalue weighted by molar-refractivity contribution is 0.0133. The van der Waals surface area contributed by atoms with Crippen LogP contribution < -0.4 is 0 Å². The Bertz CT molecular complexity index is 163. The average Bonchev–Trinajstić information content (AvgIpc) is 2.13. The molecule has 0 radical (unpaired) electrons. The predicted octanol–water partition coefficient (Wildman–Crippen LogP) is 3.51. The van der Waals surface area contributed by atoms with E-state index < -0.39 is 0 Å². The summed E-state index contributed by atoms with van der Waals surface area (Å²) in [6.07, 6.45) is 7.78. The SMILES string of the molecule is CCCC1(O)CCCC(C)(C)CC1. The average molecular weight is 184 g/mol. The van der Waals surface area contributed by atoms with Crippen molar-refractivity contribution in [1.29, 1.82) is 0 Å². The van der Waals surface area contributed by atoms with Crippen LogP contribution in [0.4, 0.5) is 0 Å². The number of hydrogen-bond donors (Lipinski definition) is 1. The van der Waals surface area contributed by atoms with Crippen LogP contribution in [0, 0.1) is 5.41 Å². The fourth-order valence-corrected chi connectivity index (χ4v) is 2.43. The van der Waals surface area contributed by atoms with Gasteiger partial charge in [-0.05, 0) is 37.5 Å². The van der Waals surface area contributed by atoms with Crippen LogP contribution in [0.25, 0.3) is 0 Å². The molecule has 1 N–H and O–H groups in total. The van der Waals surface area contributed by atoms with E-state index >= 15 is 0 Å². The van der Waals surface area contributed by atoms with E-state index in [1.54, 1.807) is 0 Å². The van der Waals surface area contributed by atoms with Gasteiger partial charge in [-0.15, -0.1) is 0 Å². The van der Waals surface area contributed by atoms with Gasteiger partial charge in [0.2, 0.25) is 0 Å². The van der Waals surface area contributed by atoms with E-state index in [9.17, 15) is 5.11 Å². The van der Waals surface area contributed by atoms with Crippen molar-refractivity contribution in [3.05, 3.63) is 0 Å². The monoisotopic (exact) mass is 184 g/mol. The van der Waals surface area contributed by atoms with Gasteiger partial charge in [-0.25, -0.2) is 0 Å². The van der Waals surface area contributed by atoms with Crippen molar-refractivity contribution in [2.45, 2.75) is 71.3 Å². The second-order valence-electron chi connectivity index (χ2n) is 5.49. The van der Waals surface area contributed by atoms with Gasteiger partial charge in [-0.2, -0.15) is 0 Å². The summed E-state index contributed by atoms with van der Waals surface area (Å²) in [5.41, 5.74) is 0.126. The molecule has 0 saturated heterocycles. The Balaban J connectivity index is 2.53. The van der Waals surface area contributed by atoms with E-state index in [2.05, 4.69) is 20.8 Å². The van der Waals surface area contributed by atoms with Crippen molar-refractivity contribution in [1.82, 2.24) is 0 Å². The van der Waals surface area contributed by atoms with E-state index in [4.69, 9.17) is 0 Å². The van der Waals surface area contributed by atoms with Crippen LogP contribution in [0.2, 0.25) is 0 Å². The second-order valence-corrected chi connectivity index (χ2v) is 5.49. The van der Waals surface area contributed by atoms with Crippen LogP contribution in [0.3, 0.4) is 0 Å². The van der Waals surface area contributed by atoms with Crippen LogP contribution in [0.5, 0.6) is 0 Å². The van der Waals surface area contributed by atoms with E-state index in [-0.39, 0.29) is 5.60 Å². The zero-order valence-electron chi connectivity index (χ0n) is 9.40. The minimum absolute atomic E-state index is 0.331. The number of aliphatic hydroxyl groups is 1. The summed E-state index contributed by atoms with van der Waals surface area (Å²) in [6.45, 7) is 6.81. The zero-order chi connectivity index (χ0) is 9.95.